The van der Waals surface area contributed by atoms with Crippen molar-refractivity contribution < 1.29 is 79.2 Å². The number of hydrogen-bond donors (Lipinski definition) is 6. The number of rotatable bonds is 19. The van der Waals surface area contributed by atoms with Crippen LogP contribution < -0.4 is 15.1 Å². The van der Waals surface area contributed by atoms with E-state index in [0.29, 0.717) is 39.3 Å². The molecule has 0 spiro atoms. The number of hydrogen-bond acceptors (Lipinski definition) is 15. The summed E-state index contributed by atoms with van der Waals surface area (Å²) >= 11 is 0. The van der Waals surface area contributed by atoms with E-state index in [4.69, 9.17) is 4.74 Å². The largest absolute Gasteiger partial charge is 0.465 e. The second-order valence-corrected chi connectivity index (χ2v) is 25.9. The van der Waals surface area contributed by atoms with Crippen molar-refractivity contribution in [3.63, 3.8) is 0 Å². The predicted molar refractivity (Wildman–Crippen MR) is 255 cm³/mol. The Morgan fingerprint density at radius 2 is 1.25 bits per heavy atom. The van der Waals surface area contributed by atoms with Crippen molar-refractivity contribution in [2.24, 2.45) is 5.41 Å². The minimum absolute atomic E-state index is 0.00751. The Labute approximate surface area is 403 Å². The molecule has 0 radical (unpaired) electrons. The molecule has 0 aromatic heterocycles. The van der Waals surface area contributed by atoms with Gasteiger partial charge >= 0.3 is 5.97 Å². The van der Waals surface area contributed by atoms with Gasteiger partial charge in [-0.3, -0.25) is 32.4 Å². The maximum absolute atomic E-state index is 14.4. The summed E-state index contributed by atoms with van der Waals surface area (Å²) < 4.78 is 173. The van der Waals surface area contributed by atoms with Gasteiger partial charge in [-0.2, -0.15) is 42.1 Å². The number of nitrogens with zero attached hydrogens (tertiary/aromatic N) is 2. The van der Waals surface area contributed by atoms with E-state index in [9.17, 15) is 74.4 Å². The predicted octanol–water partition coefficient (Wildman–Crippen LogP) is 4.03. The average molecular weight is 1060 g/mol. The lowest BCUT2D eigenvalue weighted by molar-refractivity contribution is -0.161. The highest BCUT2D eigenvalue weighted by Gasteiger charge is 2.54. The zero-order chi connectivity index (χ0) is 52.0. The SMILES string of the molecule is CCOC(=O)C1(C(=O)NCCS(=O)(=O)O)CC(/C=C/C2(C)N(CCCS(=O)(=O)O)c3ccc(S(=O)(=O)O)cc3C2(C)C)=CC(=C/C=C2/N(CCCS(=O)(=O)O)c3ccc(S(=O)(=O)O)cc3C2(C)C)/C1. The molecule has 69 heavy (non-hydrogen) atoms. The third kappa shape index (κ3) is 12.3. The Morgan fingerprint density at radius 1 is 0.710 bits per heavy atom. The maximum Gasteiger partial charge on any atom is 0.322 e. The topological polar surface area (TPSA) is 334 Å². The van der Waals surface area contributed by atoms with Crippen molar-refractivity contribution in [3.8, 4) is 0 Å². The van der Waals surface area contributed by atoms with Gasteiger partial charge in [0.2, 0.25) is 5.91 Å². The fourth-order valence-electron chi connectivity index (χ4n) is 9.19. The number of benzene rings is 2. The molecular weight excluding hydrogens is 1010 g/mol. The van der Waals surface area contributed by atoms with Crippen LogP contribution in [0.4, 0.5) is 11.4 Å². The summed E-state index contributed by atoms with van der Waals surface area (Å²) in [6.07, 6.45) is 7.33. The molecule has 6 N–H and O–H groups in total. The smallest absolute Gasteiger partial charge is 0.322 e. The normalized spacial score (nSPS) is 22.7. The molecule has 26 heteroatoms. The summed E-state index contributed by atoms with van der Waals surface area (Å²) in [5, 5.41) is 2.43. The van der Waals surface area contributed by atoms with Crippen LogP contribution in [0.15, 0.2) is 93.4 Å². The van der Waals surface area contributed by atoms with Crippen molar-refractivity contribution in [1.29, 1.82) is 0 Å². The number of amides is 1. The quantitative estimate of drug-likeness (QED) is 0.0657. The minimum Gasteiger partial charge on any atom is -0.465 e. The number of allylic oxidation sites excluding steroid dienone is 7. The first-order chi connectivity index (χ1) is 31.5. The summed E-state index contributed by atoms with van der Waals surface area (Å²) in [6, 6.07) is 7.83. The van der Waals surface area contributed by atoms with Gasteiger partial charge in [0.1, 0.15) is 0 Å². The van der Waals surface area contributed by atoms with Gasteiger partial charge in [0, 0.05) is 47.5 Å². The van der Waals surface area contributed by atoms with Crippen LogP contribution >= 0.6 is 0 Å². The summed E-state index contributed by atoms with van der Waals surface area (Å²) in [7, 11) is -22.7. The van der Waals surface area contributed by atoms with Crippen LogP contribution in [-0.2, 0) is 75.7 Å². The molecule has 0 saturated heterocycles. The number of nitrogens with one attached hydrogen (secondary N) is 1. The fraction of sp³-hybridized carbons (Fsp3) is 0.488. The van der Waals surface area contributed by atoms with Crippen LogP contribution in [0.3, 0.4) is 0 Å². The highest BCUT2D eigenvalue weighted by molar-refractivity contribution is 7.86. The van der Waals surface area contributed by atoms with Crippen molar-refractivity contribution >= 4 is 73.8 Å². The van der Waals surface area contributed by atoms with E-state index in [2.05, 4.69) is 5.32 Å². The highest BCUT2D eigenvalue weighted by Crippen LogP contribution is 2.54. The minimum atomic E-state index is -4.68. The molecule has 0 fully saturated rings. The molecule has 0 bridgehead atoms. The Bertz CT molecular complexity index is 3110. The summed E-state index contributed by atoms with van der Waals surface area (Å²) in [6.45, 7) is 9.57. The molecule has 21 nitrogen and oxygen atoms in total. The Balaban J connectivity index is 1.72. The number of carbonyl (C=O) groups is 2. The first-order valence-electron chi connectivity index (χ1n) is 21.4. The molecule has 2 aromatic carbocycles. The van der Waals surface area contributed by atoms with E-state index in [1.807, 2.05) is 0 Å². The van der Waals surface area contributed by atoms with Gasteiger partial charge in [-0.05, 0) is 104 Å². The Kier molecular flexibility index (Phi) is 15.7. The highest BCUT2D eigenvalue weighted by atomic mass is 32.2. The second-order valence-electron chi connectivity index (χ2n) is 18.3. The number of ether oxygens (including phenoxy) is 1. The van der Waals surface area contributed by atoms with Gasteiger partial charge in [-0.25, -0.2) is 0 Å². The molecular formula is C43H57N3O18S5. The zero-order valence-electron chi connectivity index (χ0n) is 38.6. The molecule has 1 aliphatic carbocycles. The van der Waals surface area contributed by atoms with E-state index >= 15 is 0 Å². The molecule has 2 unspecified atom stereocenters. The summed E-state index contributed by atoms with van der Waals surface area (Å²) in [4.78, 5) is 31.2. The van der Waals surface area contributed by atoms with E-state index in [-0.39, 0.29) is 45.4 Å². The number of fused-ring (bicyclic) bond motifs is 2. The monoisotopic (exact) mass is 1060 g/mol. The first-order valence-corrected chi connectivity index (χ1v) is 29.1. The Hall–Kier alpha value is -4.51. The number of esters is 1. The molecule has 1 amide bonds. The molecule has 2 aromatic rings. The van der Waals surface area contributed by atoms with Crippen LogP contribution in [0.25, 0.3) is 0 Å². The van der Waals surface area contributed by atoms with Crippen LogP contribution in [0.5, 0.6) is 0 Å². The van der Waals surface area contributed by atoms with E-state index in [0.717, 1.165) is 0 Å². The standard InChI is InChI=1S/C43H57N3O18S5/c1-7-64-39(48)43(38(47)44-18-23-67(55,56)57)27-29(10-15-37-40(2,3)33-25-31(68(58,59)60)11-13-35(33)45(37)19-8-21-65(49,50)51)24-30(28-43)16-17-42(6)41(4,5)34-26-32(69(61,62)63)12-14-36(34)46(42)20-9-22-66(52,53)54/h10-17,24-26H,7-9,18-23,27-28H2,1-6H3,(H,44,47)(H,49,50,51)(H,52,53,54)(H,55,56,57)(H,58,59,60)(H,61,62,63)/b17-16+,29-10-,37-15+. The second kappa shape index (κ2) is 19.6. The number of carbonyl (C=O) groups excluding carboxylic acids is 2. The van der Waals surface area contributed by atoms with Gasteiger partial charge in [-0.1, -0.05) is 52.0 Å². The van der Waals surface area contributed by atoms with Crippen LogP contribution in [-0.4, -0.2) is 126 Å². The lowest BCUT2D eigenvalue weighted by Crippen LogP contribution is -2.52. The molecule has 2 heterocycles. The lowest BCUT2D eigenvalue weighted by atomic mass is 9.69. The third-order valence-electron chi connectivity index (χ3n) is 13.0. The van der Waals surface area contributed by atoms with Gasteiger partial charge in [0.05, 0.1) is 39.2 Å². The van der Waals surface area contributed by atoms with Crippen molar-refractivity contribution in [2.75, 3.05) is 53.3 Å². The molecule has 2 atom stereocenters. The van der Waals surface area contributed by atoms with Gasteiger partial charge < -0.3 is 19.9 Å². The first kappa shape index (κ1) is 55.4. The van der Waals surface area contributed by atoms with E-state index in [1.54, 1.807) is 74.8 Å². The summed E-state index contributed by atoms with van der Waals surface area (Å²) in [5.41, 5.74) is -2.44. The van der Waals surface area contributed by atoms with Crippen molar-refractivity contribution in [1.82, 2.24) is 5.32 Å². The molecule has 0 saturated carbocycles. The van der Waals surface area contributed by atoms with Crippen molar-refractivity contribution in [2.45, 2.75) is 93.4 Å². The van der Waals surface area contributed by atoms with Gasteiger partial charge in [0.25, 0.3) is 50.6 Å². The van der Waals surface area contributed by atoms with Crippen LogP contribution in [0.1, 0.15) is 78.4 Å². The van der Waals surface area contributed by atoms with E-state index in [1.165, 1.54) is 43.3 Å². The van der Waals surface area contributed by atoms with Crippen LogP contribution in [0, 0.1) is 5.41 Å². The fourth-order valence-corrected chi connectivity index (χ4v) is 11.5. The lowest BCUT2D eigenvalue weighted by Gasteiger charge is -2.44. The number of anilines is 2. The van der Waals surface area contributed by atoms with Crippen molar-refractivity contribution in [3.05, 3.63) is 94.7 Å². The maximum atomic E-state index is 14.4. The summed E-state index contributed by atoms with van der Waals surface area (Å²) in [5.74, 6) is -4.07. The molecule has 5 rings (SSSR count). The average Bonchev–Trinajstić information content (AvgIpc) is 3.51. The molecule has 2 aliphatic heterocycles. The Morgan fingerprint density at radius 3 is 1.78 bits per heavy atom. The molecule has 382 valence electrons. The van der Waals surface area contributed by atoms with E-state index < -0.39 is 118 Å². The molecule has 3 aliphatic rings. The third-order valence-corrected chi connectivity index (χ3v) is 17.0. The van der Waals surface area contributed by atoms with Gasteiger partial charge in [-0.15, -0.1) is 0 Å². The van der Waals surface area contributed by atoms with Gasteiger partial charge in [0.15, 0.2) is 5.41 Å². The zero-order valence-corrected chi connectivity index (χ0v) is 42.7. The van der Waals surface area contributed by atoms with Crippen LogP contribution in [0.2, 0.25) is 0 Å².